The summed E-state index contributed by atoms with van der Waals surface area (Å²) < 4.78 is 21.8. The van der Waals surface area contributed by atoms with E-state index in [-0.39, 0.29) is 24.0 Å². The van der Waals surface area contributed by atoms with Crippen LogP contribution in [0.2, 0.25) is 4.34 Å². The molecule has 0 atom stereocenters. The molecule has 6 nitrogen and oxygen atoms in total. The quantitative estimate of drug-likeness (QED) is 0.321. The minimum absolute atomic E-state index is 0.0400. The van der Waals surface area contributed by atoms with E-state index in [0.717, 1.165) is 4.88 Å². The fourth-order valence-electron chi connectivity index (χ4n) is 2.54. The summed E-state index contributed by atoms with van der Waals surface area (Å²) in [6.07, 6.45) is 1.70. The average Bonchev–Trinajstić information content (AvgIpc) is 3.31. The maximum absolute atomic E-state index is 13.8. The van der Waals surface area contributed by atoms with Crippen LogP contribution in [0.3, 0.4) is 0 Å². The van der Waals surface area contributed by atoms with Crippen molar-refractivity contribution in [1.29, 1.82) is 0 Å². The summed E-state index contributed by atoms with van der Waals surface area (Å²) >= 11 is 8.68. The van der Waals surface area contributed by atoms with Crippen molar-refractivity contribution in [3.8, 4) is 5.75 Å². The Morgan fingerprint density at radius 2 is 2.17 bits per heavy atom. The van der Waals surface area contributed by atoms with E-state index in [0.29, 0.717) is 28.4 Å². The van der Waals surface area contributed by atoms with Gasteiger partial charge < -0.3 is 9.64 Å². The van der Waals surface area contributed by atoms with Crippen molar-refractivity contribution in [1.82, 2.24) is 19.7 Å². The third kappa shape index (κ3) is 5.84. The molecule has 0 aliphatic carbocycles. The van der Waals surface area contributed by atoms with E-state index in [2.05, 4.69) is 16.8 Å². The van der Waals surface area contributed by atoms with Gasteiger partial charge in [0.1, 0.15) is 6.61 Å². The monoisotopic (exact) mass is 466 g/mol. The van der Waals surface area contributed by atoms with Crippen LogP contribution in [-0.2, 0) is 24.5 Å². The van der Waals surface area contributed by atoms with Crippen LogP contribution in [0.4, 0.5) is 4.39 Å². The smallest absolute Gasteiger partial charge is 0.233 e. The molecule has 3 rings (SSSR count). The van der Waals surface area contributed by atoms with Gasteiger partial charge in [0.2, 0.25) is 5.91 Å². The molecule has 0 bridgehead atoms. The normalized spacial score (nSPS) is 10.8. The van der Waals surface area contributed by atoms with Gasteiger partial charge in [-0.1, -0.05) is 41.6 Å². The zero-order chi connectivity index (χ0) is 21.5. The lowest BCUT2D eigenvalue weighted by atomic mass is 10.3. The number of ether oxygens (including phenoxy) is 1. The molecule has 0 radical (unpaired) electrons. The Balaban J connectivity index is 1.60. The van der Waals surface area contributed by atoms with Crippen molar-refractivity contribution < 1.29 is 13.9 Å². The number of thiophene rings is 1. The molecule has 2 aromatic heterocycles. The van der Waals surface area contributed by atoms with Crippen molar-refractivity contribution in [2.24, 2.45) is 0 Å². The van der Waals surface area contributed by atoms with E-state index in [1.807, 2.05) is 12.1 Å². The van der Waals surface area contributed by atoms with Gasteiger partial charge in [0.25, 0.3) is 0 Å². The molecule has 0 saturated carbocycles. The number of carbonyl (C=O) groups excluding carboxylic acids is 1. The molecule has 0 aliphatic heterocycles. The molecule has 0 unspecified atom stereocenters. The summed E-state index contributed by atoms with van der Waals surface area (Å²) in [6, 6.07) is 9.90. The molecule has 0 N–H and O–H groups in total. The number of allylic oxidation sites excluding steroid dienone is 1. The van der Waals surface area contributed by atoms with Gasteiger partial charge in [-0.25, -0.2) is 4.39 Å². The molecule has 1 aromatic carbocycles. The van der Waals surface area contributed by atoms with Gasteiger partial charge in [-0.2, -0.15) is 0 Å². The second kappa shape index (κ2) is 10.6. The van der Waals surface area contributed by atoms with Crippen LogP contribution in [-0.4, -0.2) is 38.4 Å². The summed E-state index contributed by atoms with van der Waals surface area (Å²) in [4.78, 5) is 15.1. The predicted molar refractivity (Wildman–Crippen MR) is 117 cm³/mol. The van der Waals surface area contributed by atoms with Crippen LogP contribution in [0.1, 0.15) is 10.7 Å². The highest BCUT2D eigenvalue weighted by Gasteiger charge is 2.17. The van der Waals surface area contributed by atoms with Crippen LogP contribution >= 0.6 is 34.7 Å². The lowest BCUT2D eigenvalue weighted by molar-refractivity contribution is -0.127. The second-order valence-electron chi connectivity index (χ2n) is 6.26. The van der Waals surface area contributed by atoms with Crippen LogP contribution in [0.5, 0.6) is 5.75 Å². The number of benzene rings is 1. The third-order valence-electron chi connectivity index (χ3n) is 4.07. The molecule has 2 heterocycles. The number of carbonyl (C=O) groups is 1. The highest BCUT2D eigenvalue weighted by atomic mass is 35.5. The molecule has 0 saturated heterocycles. The molecule has 1 amide bonds. The number of nitrogens with zero attached hydrogens (tertiary/aromatic N) is 4. The summed E-state index contributed by atoms with van der Waals surface area (Å²) in [5.41, 5.74) is 0. The van der Waals surface area contributed by atoms with Crippen LogP contribution in [0, 0.1) is 5.82 Å². The molecule has 30 heavy (non-hydrogen) atoms. The highest BCUT2D eigenvalue weighted by molar-refractivity contribution is 7.99. The molecule has 10 heteroatoms. The summed E-state index contributed by atoms with van der Waals surface area (Å²) in [5.74, 6) is 0.392. The van der Waals surface area contributed by atoms with Crippen LogP contribution in [0.25, 0.3) is 0 Å². The van der Waals surface area contributed by atoms with E-state index in [1.54, 1.807) is 40.8 Å². The van der Waals surface area contributed by atoms with Crippen LogP contribution < -0.4 is 4.74 Å². The first kappa shape index (κ1) is 22.3. The van der Waals surface area contributed by atoms with Crippen molar-refractivity contribution in [2.75, 3.05) is 12.8 Å². The Labute approximate surface area is 187 Å². The minimum Gasteiger partial charge on any atom is -0.483 e. The van der Waals surface area contributed by atoms with Gasteiger partial charge in [0.05, 0.1) is 16.6 Å². The number of hydrogen-bond donors (Lipinski definition) is 0. The average molecular weight is 467 g/mol. The molecular formula is C20H20ClFN4O2S2. The molecule has 0 aliphatic rings. The Kier molecular flexibility index (Phi) is 7.89. The molecule has 158 valence electrons. The highest BCUT2D eigenvalue weighted by Crippen LogP contribution is 2.24. The second-order valence-corrected chi connectivity index (χ2v) is 9.00. The number of aromatic nitrogens is 3. The summed E-state index contributed by atoms with van der Waals surface area (Å²) in [7, 11) is 1.75. The SMILES string of the molecule is C=CCn1c(COc2ccccc2F)nnc1SCC(=O)N(C)Cc1ccc(Cl)s1. The van der Waals surface area contributed by atoms with Gasteiger partial charge >= 0.3 is 0 Å². The Bertz CT molecular complexity index is 1020. The van der Waals surface area contributed by atoms with Gasteiger partial charge in [-0.05, 0) is 24.3 Å². The summed E-state index contributed by atoms with van der Waals surface area (Å²) in [5, 5.41) is 8.86. The van der Waals surface area contributed by atoms with E-state index in [4.69, 9.17) is 16.3 Å². The van der Waals surface area contributed by atoms with E-state index in [9.17, 15) is 9.18 Å². The summed E-state index contributed by atoms with van der Waals surface area (Å²) in [6.45, 7) is 4.75. The maximum atomic E-state index is 13.8. The largest absolute Gasteiger partial charge is 0.483 e. The fraction of sp³-hybridized carbons (Fsp3) is 0.250. The van der Waals surface area contributed by atoms with Gasteiger partial charge in [-0.15, -0.1) is 28.1 Å². The van der Waals surface area contributed by atoms with Gasteiger partial charge in [-0.3, -0.25) is 9.36 Å². The van der Waals surface area contributed by atoms with Crippen molar-refractivity contribution in [3.63, 3.8) is 0 Å². The zero-order valence-corrected chi connectivity index (χ0v) is 18.6. The molecular weight excluding hydrogens is 447 g/mol. The number of para-hydroxylation sites is 1. The molecule has 0 spiro atoms. The first-order valence-electron chi connectivity index (χ1n) is 8.99. The van der Waals surface area contributed by atoms with Gasteiger partial charge in [0, 0.05) is 18.5 Å². The Morgan fingerprint density at radius 3 is 2.87 bits per heavy atom. The predicted octanol–water partition coefficient (Wildman–Crippen LogP) is 4.65. The number of hydrogen-bond acceptors (Lipinski definition) is 6. The van der Waals surface area contributed by atoms with Gasteiger partial charge in [0.15, 0.2) is 22.5 Å². The first-order chi connectivity index (χ1) is 14.5. The zero-order valence-electron chi connectivity index (χ0n) is 16.3. The lowest BCUT2D eigenvalue weighted by Crippen LogP contribution is -2.27. The number of rotatable bonds is 10. The van der Waals surface area contributed by atoms with E-state index < -0.39 is 5.82 Å². The lowest BCUT2D eigenvalue weighted by Gasteiger charge is -2.16. The fourth-order valence-corrected chi connectivity index (χ4v) is 4.59. The first-order valence-corrected chi connectivity index (χ1v) is 11.2. The standard InChI is InChI=1S/C20H20ClFN4O2S2/c1-3-10-26-18(12-28-16-7-5-4-6-15(16)22)23-24-20(26)29-13-19(27)25(2)11-14-8-9-17(21)30-14/h3-9H,1,10-13H2,2H3. The van der Waals surface area contributed by atoms with E-state index >= 15 is 0 Å². The molecule has 3 aromatic rings. The topological polar surface area (TPSA) is 60.2 Å². The number of amides is 1. The maximum Gasteiger partial charge on any atom is 0.233 e. The number of halogens is 2. The number of thioether (sulfide) groups is 1. The third-order valence-corrected chi connectivity index (χ3v) is 6.24. The molecule has 0 fully saturated rings. The Hall–Kier alpha value is -2.36. The minimum atomic E-state index is -0.442. The van der Waals surface area contributed by atoms with Crippen LogP contribution in [0.15, 0.2) is 54.2 Å². The Morgan fingerprint density at radius 1 is 1.37 bits per heavy atom. The van der Waals surface area contributed by atoms with Crippen molar-refractivity contribution in [3.05, 3.63) is 69.9 Å². The van der Waals surface area contributed by atoms with Crippen molar-refractivity contribution in [2.45, 2.75) is 24.9 Å². The van der Waals surface area contributed by atoms with E-state index in [1.165, 1.54) is 29.2 Å². The van der Waals surface area contributed by atoms with Crippen molar-refractivity contribution >= 4 is 40.6 Å².